The molecule has 0 aliphatic carbocycles. The number of halogens is 2. The van der Waals surface area contributed by atoms with Gasteiger partial charge in [0.1, 0.15) is 11.6 Å². The Hall–Kier alpha value is -2.28. The van der Waals surface area contributed by atoms with E-state index in [0.29, 0.717) is 15.6 Å². The number of nitrogens with one attached hydrogen (secondary N) is 1. The Morgan fingerprint density at radius 1 is 1.17 bits per heavy atom. The van der Waals surface area contributed by atoms with Gasteiger partial charge < -0.3 is 5.32 Å². The molecule has 0 unspecified atom stereocenters. The van der Waals surface area contributed by atoms with Gasteiger partial charge in [-0.2, -0.15) is 5.26 Å². The van der Waals surface area contributed by atoms with E-state index >= 15 is 0 Å². The van der Waals surface area contributed by atoms with Crippen molar-refractivity contribution in [3.8, 4) is 6.07 Å². The maximum Gasteiger partial charge on any atom is 0.262 e. The van der Waals surface area contributed by atoms with E-state index < -0.39 is 5.91 Å². The first-order valence-electron chi connectivity index (χ1n) is 6.94. The van der Waals surface area contributed by atoms with Crippen LogP contribution in [0.1, 0.15) is 24.1 Å². The standard InChI is InChI=1S/C18H14Cl2N2O/c1-12(14-5-3-2-4-6-14)22-18(23)15(11-21)9-13-7-8-16(19)17(20)10-13/h2-10,12H,1H3,(H,22,23)/b15-9+/t12-/m1/s1. The maximum absolute atomic E-state index is 12.3. The molecular weight excluding hydrogens is 331 g/mol. The summed E-state index contributed by atoms with van der Waals surface area (Å²) in [5, 5.41) is 12.8. The molecule has 0 fully saturated rings. The molecule has 0 saturated carbocycles. The minimum absolute atomic E-state index is 0.00571. The van der Waals surface area contributed by atoms with Gasteiger partial charge in [0.2, 0.25) is 0 Å². The van der Waals surface area contributed by atoms with Gasteiger partial charge in [0.25, 0.3) is 5.91 Å². The second kappa shape index (κ2) is 7.82. The zero-order valence-electron chi connectivity index (χ0n) is 12.4. The summed E-state index contributed by atoms with van der Waals surface area (Å²) >= 11 is 11.8. The Morgan fingerprint density at radius 2 is 1.87 bits per heavy atom. The molecule has 0 radical (unpaired) electrons. The van der Waals surface area contributed by atoms with Gasteiger partial charge in [0, 0.05) is 0 Å². The predicted octanol–water partition coefficient (Wildman–Crippen LogP) is 4.78. The average molecular weight is 345 g/mol. The van der Waals surface area contributed by atoms with Gasteiger partial charge >= 0.3 is 0 Å². The van der Waals surface area contributed by atoms with E-state index in [9.17, 15) is 10.1 Å². The Kier molecular flexibility index (Phi) is 5.81. The van der Waals surface area contributed by atoms with Crippen LogP contribution in [0.5, 0.6) is 0 Å². The fraction of sp³-hybridized carbons (Fsp3) is 0.111. The summed E-state index contributed by atoms with van der Waals surface area (Å²) in [6.45, 7) is 1.86. The van der Waals surface area contributed by atoms with Crippen LogP contribution in [0.3, 0.4) is 0 Å². The normalized spacial score (nSPS) is 12.3. The summed E-state index contributed by atoms with van der Waals surface area (Å²) in [5.41, 5.74) is 1.61. The number of benzene rings is 2. The number of nitrogens with zero attached hydrogens (tertiary/aromatic N) is 1. The fourth-order valence-corrected chi connectivity index (χ4v) is 2.32. The molecule has 3 nitrogen and oxygen atoms in total. The molecule has 0 aliphatic heterocycles. The van der Waals surface area contributed by atoms with Crippen molar-refractivity contribution in [3.05, 3.63) is 75.3 Å². The molecule has 0 bridgehead atoms. The first kappa shape index (κ1) is 17.1. The Morgan fingerprint density at radius 3 is 2.48 bits per heavy atom. The molecule has 23 heavy (non-hydrogen) atoms. The highest BCUT2D eigenvalue weighted by Gasteiger charge is 2.13. The van der Waals surface area contributed by atoms with E-state index in [2.05, 4.69) is 5.32 Å². The molecule has 5 heteroatoms. The third-order valence-electron chi connectivity index (χ3n) is 3.27. The molecule has 1 amide bonds. The van der Waals surface area contributed by atoms with Crippen molar-refractivity contribution >= 4 is 35.2 Å². The lowest BCUT2D eigenvalue weighted by atomic mass is 10.1. The molecule has 0 heterocycles. The van der Waals surface area contributed by atoms with E-state index in [-0.39, 0.29) is 11.6 Å². The average Bonchev–Trinajstić information content (AvgIpc) is 2.56. The van der Waals surface area contributed by atoms with E-state index in [0.717, 1.165) is 5.56 Å². The molecule has 116 valence electrons. The van der Waals surface area contributed by atoms with Gasteiger partial charge in [-0.25, -0.2) is 0 Å². The molecule has 2 aromatic rings. The number of rotatable bonds is 4. The minimum atomic E-state index is -0.435. The van der Waals surface area contributed by atoms with Crippen LogP contribution in [-0.2, 0) is 4.79 Å². The van der Waals surface area contributed by atoms with E-state index in [1.165, 1.54) is 6.08 Å². The van der Waals surface area contributed by atoms with Gasteiger partial charge in [0.15, 0.2) is 0 Å². The molecule has 0 aromatic heterocycles. The zero-order valence-corrected chi connectivity index (χ0v) is 13.9. The number of amides is 1. The van der Waals surface area contributed by atoms with Crippen molar-refractivity contribution < 1.29 is 4.79 Å². The fourth-order valence-electron chi connectivity index (χ4n) is 2.02. The van der Waals surface area contributed by atoms with Crippen LogP contribution in [0.25, 0.3) is 6.08 Å². The van der Waals surface area contributed by atoms with E-state index in [1.807, 2.05) is 43.3 Å². The van der Waals surface area contributed by atoms with Crippen molar-refractivity contribution in [1.82, 2.24) is 5.32 Å². The molecular formula is C18H14Cl2N2O. The van der Waals surface area contributed by atoms with Gasteiger partial charge in [-0.1, -0.05) is 59.6 Å². The quantitative estimate of drug-likeness (QED) is 0.641. The maximum atomic E-state index is 12.3. The topological polar surface area (TPSA) is 52.9 Å². The van der Waals surface area contributed by atoms with Crippen molar-refractivity contribution in [2.24, 2.45) is 0 Å². The number of carbonyl (C=O) groups excluding carboxylic acids is 1. The number of carbonyl (C=O) groups is 1. The number of hydrogen-bond acceptors (Lipinski definition) is 2. The van der Waals surface area contributed by atoms with Crippen LogP contribution >= 0.6 is 23.2 Å². The summed E-state index contributed by atoms with van der Waals surface area (Å²) < 4.78 is 0. The number of hydrogen-bond donors (Lipinski definition) is 1. The molecule has 0 spiro atoms. The molecule has 2 rings (SSSR count). The first-order chi connectivity index (χ1) is 11.0. The molecule has 1 atom stereocenters. The summed E-state index contributed by atoms with van der Waals surface area (Å²) in [7, 11) is 0. The van der Waals surface area contributed by atoms with Crippen LogP contribution in [0, 0.1) is 11.3 Å². The highest BCUT2D eigenvalue weighted by molar-refractivity contribution is 6.42. The van der Waals surface area contributed by atoms with Crippen LogP contribution in [0.4, 0.5) is 0 Å². The van der Waals surface area contributed by atoms with Crippen molar-refractivity contribution in [2.75, 3.05) is 0 Å². The van der Waals surface area contributed by atoms with Crippen LogP contribution in [0.2, 0.25) is 10.0 Å². The third-order valence-corrected chi connectivity index (χ3v) is 4.01. The van der Waals surface area contributed by atoms with Crippen molar-refractivity contribution in [1.29, 1.82) is 5.26 Å². The number of nitriles is 1. The first-order valence-corrected chi connectivity index (χ1v) is 7.69. The highest BCUT2D eigenvalue weighted by atomic mass is 35.5. The lowest BCUT2D eigenvalue weighted by molar-refractivity contribution is -0.117. The largest absolute Gasteiger partial charge is 0.345 e. The minimum Gasteiger partial charge on any atom is -0.345 e. The molecule has 0 aliphatic rings. The highest BCUT2D eigenvalue weighted by Crippen LogP contribution is 2.23. The zero-order chi connectivity index (χ0) is 16.8. The molecule has 1 N–H and O–H groups in total. The summed E-state index contributed by atoms with van der Waals surface area (Å²) in [6.07, 6.45) is 1.48. The lowest BCUT2D eigenvalue weighted by Crippen LogP contribution is -2.27. The lowest BCUT2D eigenvalue weighted by Gasteiger charge is -2.13. The molecule has 2 aromatic carbocycles. The van der Waals surface area contributed by atoms with Gasteiger partial charge in [0.05, 0.1) is 16.1 Å². The van der Waals surface area contributed by atoms with Gasteiger partial charge in [-0.3, -0.25) is 4.79 Å². The summed E-state index contributed by atoms with van der Waals surface area (Å²) in [5.74, 6) is -0.435. The smallest absolute Gasteiger partial charge is 0.262 e. The predicted molar refractivity (Wildman–Crippen MR) is 93.1 cm³/mol. The van der Waals surface area contributed by atoms with E-state index in [4.69, 9.17) is 23.2 Å². The third kappa shape index (κ3) is 4.59. The second-order valence-corrected chi connectivity index (χ2v) is 5.76. The summed E-state index contributed by atoms with van der Waals surface area (Å²) in [6, 6.07) is 16.2. The SMILES string of the molecule is C[C@@H](NC(=O)/C(C#N)=C/c1ccc(Cl)c(Cl)c1)c1ccccc1. The Labute approximate surface area is 145 Å². The Bertz CT molecular complexity index is 779. The van der Waals surface area contributed by atoms with Gasteiger partial charge in [-0.05, 0) is 36.3 Å². The van der Waals surface area contributed by atoms with Crippen LogP contribution < -0.4 is 5.32 Å². The monoisotopic (exact) mass is 344 g/mol. The van der Waals surface area contributed by atoms with Crippen LogP contribution in [-0.4, -0.2) is 5.91 Å². The van der Waals surface area contributed by atoms with Gasteiger partial charge in [-0.15, -0.1) is 0 Å². The van der Waals surface area contributed by atoms with Crippen LogP contribution in [0.15, 0.2) is 54.1 Å². The Balaban J connectivity index is 2.17. The van der Waals surface area contributed by atoms with Crippen molar-refractivity contribution in [3.63, 3.8) is 0 Å². The summed E-state index contributed by atoms with van der Waals surface area (Å²) in [4.78, 5) is 12.3. The van der Waals surface area contributed by atoms with Crippen molar-refractivity contribution in [2.45, 2.75) is 13.0 Å². The second-order valence-electron chi connectivity index (χ2n) is 4.95. The molecule has 0 saturated heterocycles. The van der Waals surface area contributed by atoms with E-state index in [1.54, 1.807) is 18.2 Å².